The lowest BCUT2D eigenvalue weighted by atomic mass is 9.71. The lowest BCUT2D eigenvalue weighted by Crippen LogP contribution is -2.62. The molecular formula is C25H24Cl2F2N6O4. The highest BCUT2D eigenvalue weighted by Crippen LogP contribution is 2.50. The lowest BCUT2D eigenvalue weighted by molar-refractivity contribution is -0.0382. The number of hydrogen-bond donors (Lipinski definition) is 0. The molecule has 1 aromatic carbocycles. The summed E-state index contributed by atoms with van der Waals surface area (Å²) >= 11 is 11.8. The van der Waals surface area contributed by atoms with Crippen molar-refractivity contribution < 1.29 is 27.5 Å². The highest BCUT2D eigenvalue weighted by atomic mass is 35.5. The predicted octanol–water partition coefficient (Wildman–Crippen LogP) is 4.78. The minimum absolute atomic E-state index is 0.0433. The Labute approximate surface area is 232 Å². The molecule has 2 amide bonds. The number of carbonyl (C=O) groups is 2. The zero-order chi connectivity index (χ0) is 28.2. The van der Waals surface area contributed by atoms with E-state index in [1.54, 1.807) is 20.8 Å². The summed E-state index contributed by atoms with van der Waals surface area (Å²) in [4.78, 5) is 36.9. The molecule has 2 saturated heterocycles. The molecule has 2 aromatic heterocycles. The summed E-state index contributed by atoms with van der Waals surface area (Å²) in [6.45, 7) is 6.00. The van der Waals surface area contributed by atoms with Crippen LogP contribution in [0.3, 0.4) is 0 Å². The molecule has 1 unspecified atom stereocenters. The SMILES string of the molecule is CC(C)(C)OC(=O)N1CC2(C1)CN(C(=O)c1cnccn1)CC2c1nnc(C(F)(F)c2ccc(Cl)c(Cl)c2)o1. The molecule has 0 saturated carbocycles. The van der Waals surface area contributed by atoms with Crippen molar-refractivity contribution in [2.24, 2.45) is 5.41 Å². The summed E-state index contributed by atoms with van der Waals surface area (Å²) in [7, 11) is 0. The minimum Gasteiger partial charge on any atom is -0.444 e. The van der Waals surface area contributed by atoms with Crippen LogP contribution >= 0.6 is 23.2 Å². The molecule has 10 nitrogen and oxygen atoms in total. The first-order valence-corrected chi connectivity index (χ1v) is 12.8. The molecule has 206 valence electrons. The number of nitrogens with zero attached hydrogens (tertiary/aromatic N) is 6. The van der Waals surface area contributed by atoms with Crippen LogP contribution in [0, 0.1) is 5.41 Å². The van der Waals surface area contributed by atoms with Gasteiger partial charge < -0.3 is 19.0 Å². The first kappa shape index (κ1) is 27.2. The number of halogens is 4. The Balaban J connectivity index is 1.43. The summed E-state index contributed by atoms with van der Waals surface area (Å²) in [5.74, 6) is -5.65. The molecule has 0 aliphatic carbocycles. The third kappa shape index (κ3) is 5.14. The van der Waals surface area contributed by atoms with Crippen molar-refractivity contribution in [1.29, 1.82) is 0 Å². The molecule has 5 rings (SSSR count). The van der Waals surface area contributed by atoms with Crippen LogP contribution < -0.4 is 0 Å². The van der Waals surface area contributed by atoms with Gasteiger partial charge >= 0.3 is 12.0 Å². The number of rotatable bonds is 4. The van der Waals surface area contributed by atoms with Gasteiger partial charge in [0.05, 0.1) is 22.2 Å². The number of benzene rings is 1. The van der Waals surface area contributed by atoms with Crippen molar-refractivity contribution in [1.82, 2.24) is 30.0 Å². The van der Waals surface area contributed by atoms with Crippen LogP contribution in [0.15, 0.2) is 41.2 Å². The van der Waals surface area contributed by atoms with E-state index >= 15 is 8.78 Å². The van der Waals surface area contributed by atoms with Gasteiger partial charge in [-0.2, -0.15) is 8.78 Å². The van der Waals surface area contributed by atoms with Crippen molar-refractivity contribution in [2.45, 2.75) is 38.2 Å². The molecule has 0 radical (unpaired) electrons. The zero-order valence-electron chi connectivity index (χ0n) is 21.2. The molecule has 3 aromatic rings. The second kappa shape index (κ2) is 9.67. The summed E-state index contributed by atoms with van der Waals surface area (Å²) in [6.07, 6.45) is 3.69. The lowest BCUT2D eigenvalue weighted by Gasteiger charge is -2.49. The zero-order valence-corrected chi connectivity index (χ0v) is 22.7. The molecule has 39 heavy (non-hydrogen) atoms. The number of ether oxygens (including phenoxy) is 1. The van der Waals surface area contributed by atoms with Crippen LogP contribution in [0.25, 0.3) is 0 Å². The standard InChI is InChI=1S/C25H24Cl2F2N6O4/c1-23(2,3)39-22(37)35-12-24(13-35)11-34(20(36)18-9-30-6-7-31-18)10-15(24)19-32-33-21(38-19)25(28,29)14-4-5-16(26)17(27)8-14/h4-9,15H,10-13H2,1-3H3. The first-order chi connectivity index (χ1) is 18.3. The van der Waals surface area contributed by atoms with Crippen LogP contribution in [-0.4, -0.2) is 73.7 Å². The van der Waals surface area contributed by atoms with Crippen LogP contribution in [0.5, 0.6) is 0 Å². The fourth-order valence-corrected chi connectivity index (χ4v) is 5.14. The van der Waals surface area contributed by atoms with Gasteiger partial charge in [0, 0.05) is 49.6 Å². The second-order valence-corrected chi connectivity index (χ2v) is 11.5. The topological polar surface area (TPSA) is 115 Å². The van der Waals surface area contributed by atoms with E-state index in [1.165, 1.54) is 34.5 Å². The Morgan fingerprint density at radius 2 is 1.79 bits per heavy atom. The molecule has 0 N–H and O–H groups in total. The fourth-order valence-electron chi connectivity index (χ4n) is 4.84. The van der Waals surface area contributed by atoms with Gasteiger partial charge in [-0.3, -0.25) is 9.78 Å². The summed E-state index contributed by atoms with van der Waals surface area (Å²) in [5.41, 5.74) is -1.74. The summed E-state index contributed by atoms with van der Waals surface area (Å²) in [6, 6.07) is 3.42. The quantitative estimate of drug-likeness (QED) is 0.433. The van der Waals surface area contributed by atoms with E-state index in [0.717, 1.165) is 12.1 Å². The molecule has 1 spiro atoms. The van der Waals surface area contributed by atoms with Crippen molar-refractivity contribution in [3.05, 3.63) is 69.9 Å². The fraction of sp³-hybridized carbons (Fsp3) is 0.440. The van der Waals surface area contributed by atoms with Gasteiger partial charge in [0.1, 0.15) is 11.3 Å². The first-order valence-electron chi connectivity index (χ1n) is 12.0. The summed E-state index contributed by atoms with van der Waals surface area (Å²) in [5, 5.41) is 7.67. The number of likely N-dealkylation sites (tertiary alicyclic amines) is 2. The van der Waals surface area contributed by atoms with E-state index in [0.29, 0.717) is 0 Å². The molecule has 4 heterocycles. The summed E-state index contributed by atoms with van der Waals surface area (Å²) < 4.78 is 41.6. The van der Waals surface area contributed by atoms with Gasteiger partial charge in [-0.15, -0.1) is 10.2 Å². The Hall–Kier alpha value is -3.38. The van der Waals surface area contributed by atoms with E-state index < -0.39 is 40.4 Å². The van der Waals surface area contributed by atoms with Crippen molar-refractivity contribution in [2.75, 3.05) is 26.2 Å². The van der Waals surface area contributed by atoms with Gasteiger partial charge in [0.2, 0.25) is 5.89 Å². The van der Waals surface area contributed by atoms with E-state index in [9.17, 15) is 9.59 Å². The molecule has 14 heteroatoms. The Morgan fingerprint density at radius 1 is 1.08 bits per heavy atom. The van der Waals surface area contributed by atoms with Crippen LogP contribution in [0.1, 0.15) is 54.5 Å². The van der Waals surface area contributed by atoms with Crippen LogP contribution in [-0.2, 0) is 10.7 Å². The molecule has 2 fully saturated rings. The average Bonchev–Trinajstić information content (AvgIpc) is 3.49. The van der Waals surface area contributed by atoms with Crippen molar-refractivity contribution >= 4 is 35.2 Å². The second-order valence-electron chi connectivity index (χ2n) is 10.7. The maximum absolute atomic E-state index is 15.3. The van der Waals surface area contributed by atoms with Crippen LogP contribution in [0.4, 0.5) is 13.6 Å². The van der Waals surface area contributed by atoms with Crippen molar-refractivity contribution in [3.8, 4) is 0 Å². The smallest absolute Gasteiger partial charge is 0.410 e. The minimum atomic E-state index is -3.65. The highest BCUT2D eigenvalue weighted by molar-refractivity contribution is 6.42. The third-order valence-corrected chi connectivity index (χ3v) is 7.41. The molecule has 2 aliphatic heterocycles. The average molecular weight is 581 g/mol. The Morgan fingerprint density at radius 3 is 2.44 bits per heavy atom. The number of aromatic nitrogens is 4. The van der Waals surface area contributed by atoms with Crippen LogP contribution in [0.2, 0.25) is 10.0 Å². The third-order valence-electron chi connectivity index (χ3n) is 6.67. The maximum atomic E-state index is 15.3. The van der Waals surface area contributed by atoms with Gasteiger partial charge in [0.15, 0.2) is 0 Å². The Bertz CT molecular complexity index is 1410. The number of amides is 2. The van der Waals surface area contributed by atoms with E-state index in [4.69, 9.17) is 32.4 Å². The monoisotopic (exact) mass is 580 g/mol. The molecule has 2 aliphatic rings. The van der Waals surface area contributed by atoms with Gasteiger partial charge in [-0.1, -0.05) is 29.3 Å². The number of carbonyl (C=O) groups excluding carboxylic acids is 2. The van der Waals surface area contributed by atoms with Gasteiger partial charge in [0.25, 0.3) is 11.8 Å². The predicted molar refractivity (Wildman–Crippen MR) is 135 cm³/mol. The van der Waals surface area contributed by atoms with Gasteiger partial charge in [-0.25, -0.2) is 9.78 Å². The number of alkyl halides is 2. The maximum Gasteiger partial charge on any atom is 0.410 e. The van der Waals surface area contributed by atoms with Gasteiger partial charge in [-0.05, 0) is 32.9 Å². The highest BCUT2D eigenvalue weighted by Gasteiger charge is 2.59. The molecular weight excluding hydrogens is 557 g/mol. The molecule has 1 atom stereocenters. The largest absolute Gasteiger partial charge is 0.444 e. The molecule has 0 bridgehead atoms. The Kier molecular flexibility index (Phi) is 6.74. The van der Waals surface area contributed by atoms with E-state index in [1.807, 2.05) is 0 Å². The van der Waals surface area contributed by atoms with Crippen molar-refractivity contribution in [3.63, 3.8) is 0 Å². The van der Waals surface area contributed by atoms with E-state index in [2.05, 4.69) is 20.2 Å². The number of hydrogen-bond acceptors (Lipinski definition) is 8. The normalized spacial score (nSPS) is 18.8. The van der Waals surface area contributed by atoms with E-state index in [-0.39, 0.29) is 53.7 Å².